The minimum Gasteiger partial charge on any atom is -0.496 e. The maximum absolute atomic E-state index is 13.3. The number of rotatable bonds is 17. The lowest BCUT2D eigenvalue weighted by molar-refractivity contribution is -0.136. The van der Waals surface area contributed by atoms with Crippen LogP contribution in [0.15, 0.2) is 59.8 Å². The van der Waals surface area contributed by atoms with E-state index < -0.39 is 29.7 Å². The molecule has 0 aliphatic carbocycles. The second-order valence-corrected chi connectivity index (χ2v) is 15.0. The van der Waals surface area contributed by atoms with Crippen LogP contribution < -0.4 is 31.0 Å². The van der Waals surface area contributed by atoms with Gasteiger partial charge in [-0.1, -0.05) is 31.7 Å². The summed E-state index contributed by atoms with van der Waals surface area (Å²) in [6.45, 7) is 2.49. The molecule has 15 heteroatoms. The predicted octanol–water partition coefficient (Wildman–Crippen LogP) is 4.16. The van der Waals surface area contributed by atoms with Crippen molar-refractivity contribution in [2.45, 2.75) is 76.4 Å². The number of hydrogen-bond acceptors (Lipinski definition) is 11. The number of pyridine rings is 2. The zero-order chi connectivity index (χ0) is 40.9. The Morgan fingerprint density at radius 2 is 1.60 bits per heavy atom. The fourth-order valence-electron chi connectivity index (χ4n) is 8.14. The van der Waals surface area contributed by atoms with E-state index in [4.69, 9.17) is 9.47 Å². The van der Waals surface area contributed by atoms with Crippen LogP contribution in [0.3, 0.4) is 0 Å². The number of unbranched alkanes of at least 4 members (excludes halogenated alkanes) is 5. The maximum atomic E-state index is 13.3. The van der Waals surface area contributed by atoms with E-state index in [0.717, 1.165) is 78.5 Å². The maximum Gasteiger partial charge on any atom is 0.264 e. The van der Waals surface area contributed by atoms with Gasteiger partial charge in [-0.3, -0.25) is 48.9 Å². The van der Waals surface area contributed by atoms with Crippen LogP contribution in [0, 0.1) is 0 Å². The lowest BCUT2D eigenvalue weighted by Crippen LogP contribution is -2.55. The molecule has 3 aliphatic heterocycles. The third kappa shape index (κ3) is 8.03. The Morgan fingerprint density at radius 1 is 0.879 bits per heavy atom. The molecular weight excluding hydrogens is 743 g/mol. The van der Waals surface area contributed by atoms with E-state index in [-0.39, 0.29) is 41.5 Å². The fourth-order valence-corrected chi connectivity index (χ4v) is 8.14. The van der Waals surface area contributed by atoms with Crippen LogP contribution in [-0.2, 0) is 28.0 Å². The van der Waals surface area contributed by atoms with Crippen molar-refractivity contribution in [1.82, 2.24) is 30.0 Å². The van der Waals surface area contributed by atoms with E-state index >= 15 is 0 Å². The molecule has 15 nitrogen and oxygen atoms in total. The number of nitrogens with one attached hydrogen (secondary N) is 3. The van der Waals surface area contributed by atoms with Crippen LogP contribution in [-0.4, -0.2) is 94.8 Å². The van der Waals surface area contributed by atoms with Gasteiger partial charge in [0.2, 0.25) is 17.7 Å². The number of hydrogen-bond donors (Lipinski definition) is 3. The molecule has 0 radical (unpaired) electrons. The van der Waals surface area contributed by atoms with Crippen molar-refractivity contribution in [3.8, 4) is 22.6 Å². The Kier molecular flexibility index (Phi) is 12.2. The highest BCUT2D eigenvalue weighted by Gasteiger charge is 2.45. The van der Waals surface area contributed by atoms with Gasteiger partial charge in [0.1, 0.15) is 17.5 Å². The number of carbonyl (C=O) groups is 5. The number of piperidine rings is 1. The van der Waals surface area contributed by atoms with Crippen molar-refractivity contribution in [2.75, 3.05) is 39.2 Å². The third-order valence-corrected chi connectivity index (χ3v) is 11.4. The van der Waals surface area contributed by atoms with E-state index in [0.29, 0.717) is 42.2 Å². The van der Waals surface area contributed by atoms with Gasteiger partial charge in [0, 0.05) is 69.5 Å². The largest absolute Gasteiger partial charge is 0.496 e. The summed E-state index contributed by atoms with van der Waals surface area (Å²) in [5.74, 6) is -0.773. The molecule has 0 spiro atoms. The Hall–Kier alpha value is -6.09. The van der Waals surface area contributed by atoms with Crippen molar-refractivity contribution >= 4 is 46.0 Å². The first kappa shape index (κ1) is 40.1. The molecule has 5 heterocycles. The Labute approximate surface area is 336 Å². The Balaban J connectivity index is 0.832. The highest BCUT2D eigenvalue weighted by molar-refractivity contribution is 6.25. The molecule has 2 atom stereocenters. The van der Waals surface area contributed by atoms with Crippen molar-refractivity contribution < 1.29 is 33.4 Å². The van der Waals surface area contributed by atoms with Gasteiger partial charge in [0.15, 0.2) is 0 Å². The van der Waals surface area contributed by atoms with Gasteiger partial charge in [0.05, 0.1) is 42.3 Å². The summed E-state index contributed by atoms with van der Waals surface area (Å²) >= 11 is 0. The molecule has 3 N–H and O–H groups in total. The quantitative estimate of drug-likeness (QED) is 0.103. The van der Waals surface area contributed by atoms with Crippen molar-refractivity contribution in [2.24, 2.45) is 7.05 Å². The summed E-state index contributed by atoms with van der Waals surface area (Å²) in [6, 6.07) is 9.56. The van der Waals surface area contributed by atoms with Gasteiger partial charge in [-0.25, -0.2) is 0 Å². The number of amides is 5. The van der Waals surface area contributed by atoms with Crippen LogP contribution in [0.5, 0.6) is 11.5 Å². The zero-order valence-electron chi connectivity index (χ0n) is 33.1. The first-order valence-corrected chi connectivity index (χ1v) is 19.9. The summed E-state index contributed by atoms with van der Waals surface area (Å²) in [7, 11) is 4.95. The van der Waals surface area contributed by atoms with Gasteiger partial charge < -0.3 is 24.7 Å². The molecule has 0 saturated carbocycles. The van der Waals surface area contributed by atoms with Crippen molar-refractivity contribution in [1.29, 1.82) is 0 Å². The van der Waals surface area contributed by atoms with Crippen LogP contribution in [0.2, 0.25) is 0 Å². The molecule has 304 valence electrons. The monoisotopic (exact) mass is 791 g/mol. The van der Waals surface area contributed by atoms with Crippen LogP contribution in [0.25, 0.3) is 21.9 Å². The molecule has 4 aromatic rings. The molecule has 0 bridgehead atoms. The third-order valence-electron chi connectivity index (χ3n) is 11.4. The highest BCUT2D eigenvalue weighted by atomic mass is 16.5. The lowest BCUT2D eigenvalue weighted by atomic mass is 9.96. The number of fused-ring (bicyclic) bond motifs is 2. The number of imide groups is 2. The van der Waals surface area contributed by atoms with Gasteiger partial charge in [-0.15, -0.1) is 0 Å². The number of anilines is 1. The summed E-state index contributed by atoms with van der Waals surface area (Å²) < 4.78 is 13.2. The van der Waals surface area contributed by atoms with Crippen LogP contribution in [0.4, 0.5) is 5.69 Å². The number of benzene rings is 2. The molecule has 2 fully saturated rings. The second-order valence-electron chi connectivity index (χ2n) is 15.0. The number of likely N-dealkylation sites (tertiary alicyclic amines) is 1. The number of aromatic nitrogens is 2. The van der Waals surface area contributed by atoms with E-state index in [2.05, 4.69) is 25.8 Å². The smallest absolute Gasteiger partial charge is 0.264 e. The molecule has 2 aromatic heterocycles. The first-order chi connectivity index (χ1) is 28.1. The molecular formula is C43H49N7O8. The normalized spacial score (nSPS) is 17.9. The number of ether oxygens (including phenoxy) is 2. The fraction of sp³-hybridized carbons (Fsp3) is 0.419. The van der Waals surface area contributed by atoms with Gasteiger partial charge in [-0.05, 0) is 67.0 Å². The SMILES string of the molecule is COc1cc(-c2cn(C)c(=O)c3cnccc23)cc(OC)c1CN1CC[C@H]1C(=O)NCCCCCCCCNc1cccc2c1C(=O)N([C@H]1CCC(=O)NC1=O)C2=O. The lowest BCUT2D eigenvalue weighted by Gasteiger charge is -2.40. The van der Waals surface area contributed by atoms with Crippen LogP contribution in [0.1, 0.15) is 84.1 Å². The summed E-state index contributed by atoms with van der Waals surface area (Å²) in [6.07, 6.45) is 11.8. The van der Waals surface area contributed by atoms with E-state index in [1.165, 1.54) is 0 Å². The predicted molar refractivity (Wildman–Crippen MR) is 217 cm³/mol. The van der Waals surface area contributed by atoms with Gasteiger partial charge in [0.25, 0.3) is 17.4 Å². The molecule has 58 heavy (non-hydrogen) atoms. The Bertz CT molecular complexity index is 2300. The highest BCUT2D eigenvalue weighted by Crippen LogP contribution is 2.39. The molecule has 2 aromatic carbocycles. The van der Waals surface area contributed by atoms with Crippen molar-refractivity contribution in [3.63, 3.8) is 0 Å². The minimum atomic E-state index is -0.995. The topological polar surface area (TPSA) is 181 Å². The van der Waals surface area contributed by atoms with Gasteiger partial charge >= 0.3 is 0 Å². The number of aryl methyl sites for hydroxylation is 1. The minimum absolute atomic E-state index is 0.0185. The summed E-state index contributed by atoms with van der Waals surface area (Å²) in [5.41, 5.74) is 3.51. The standard InChI is InChI=1S/C43H49N7O8/c1-48-24-30(27-15-19-44-23-29(27)41(48)54)26-21-35(57-2)31(36(22-26)58-3)25-49-20-16-33(49)39(52)46-18-9-7-5-4-6-8-17-45-32-12-10-11-28-38(32)43(56)50(42(28)55)34-13-14-37(51)47-40(34)53/h10-12,15,19,21-24,33-34,45H,4-9,13-14,16-18,20,25H2,1-3H3,(H,46,52)(H,47,51,53)/t33-,34-/m0/s1. The zero-order valence-corrected chi connectivity index (χ0v) is 33.1. The number of nitrogens with zero attached hydrogens (tertiary/aromatic N) is 4. The summed E-state index contributed by atoms with van der Waals surface area (Å²) in [4.78, 5) is 83.6. The molecule has 5 amide bonds. The first-order valence-electron chi connectivity index (χ1n) is 19.9. The number of methoxy groups -OCH3 is 2. The van der Waals surface area contributed by atoms with E-state index in [9.17, 15) is 28.8 Å². The van der Waals surface area contributed by atoms with E-state index in [1.807, 2.05) is 24.4 Å². The summed E-state index contributed by atoms with van der Waals surface area (Å²) in [5, 5.41) is 9.96. The van der Waals surface area contributed by atoms with Gasteiger partial charge in [-0.2, -0.15) is 0 Å². The van der Waals surface area contributed by atoms with E-state index in [1.54, 1.807) is 56.4 Å². The average molecular weight is 792 g/mol. The average Bonchev–Trinajstić information content (AvgIpc) is 3.47. The molecule has 3 aliphatic rings. The second kappa shape index (κ2) is 17.6. The molecule has 0 unspecified atom stereocenters. The van der Waals surface area contributed by atoms with Crippen molar-refractivity contribution in [3.05, 3.63) is 82.0 Å². The Morgan fingerprint density at radius 3 is 2.29 bits per heavy atom. The van der Waals surface area contributed by atoms with Crippen LogP contribution >= 0.6 is 0 Å². The molecule has 7 rings (SSSR count). The number of carbonyl (C=O) groups excluding carboxylic acids is 5. The molecule has 2 saturated heterocycles.